The number of nitrogens with two attached hydrogens (primary N) is 1. The normalized spacial score (nSPS) is 14.1. The number of rotatable bonds is 7. The molecule has 0 saturated heterocycles. The molecule has 0 aromatic heterocycles. The highest BCUT2D eigenvalue weighted by Crippen LogP contribution is 2.15. The lowest BCUT2D eigenvalue weighted by atomic mass is 10.1. The summed E-state index contributed by atoms with van der Waals surface area (Å²) in [6.07, 6.45) is -0.586. The molecule has 5 heteroatoms. The molecular formula is C15H24N2O3. The molecule has 0 fully saturated rings. The lowest BCUT2D eigenvalue weighted by Gasteiger charge is -2.23. The molecule has 0 aliphatic rings. The van der Waals surface area contributed by atoms with Gasteiger partial charge in [-0.15, -0.1) is 0 Å². The summed E-state index contributed by atoms with van der Waals surface area (Å²) in [7, 11) is 3.25. The maximum absolute atomic E-state index is 11.4. The molecule has 1 aromatic carbocycles. The fourth-order valence-corrected chi connectivity index (χ4v) is 2.09. The van der Waals surface area contributed by atoms with Crippen LogP contribution in [0.5, 0.6) is 0 Å². The van der Waals surface area contributed by atoms with Gasteiger partial charge in [-0.3, -0.25) is 4.79 Å². The Morgan fingerprint density at radius 1 is 1.35 bits per heavy atom. The van der Waals surface area contributed by atoms with Gasteiger partial charge in [-0.05, 0) is 18.2 Å². The summed E-state index contributed by atoms with van der Waals surface area (Å²) in [5.41, 5.74) is 7.42. The van der Waals surface area contributed by atoms with Crippen molar-refractivity contribution in [3.05, 3.63) is 35.4 Å². The highest BCUT2D eigenvalue weighted by molar-refractivity contribution is 5.72. The number of ether oxygens (including phenoxy) is 1. The average molecular weight is 280 g/mol. The van der Waals surface area contributed by atoms with Gasteiger partial charge in [-0.1, -0.05) is 31.2 Å². The largest absolute Gasteiger partial charge is 0.469 e. The Labute approximate surface area is 120 Å². The smallest absolute Gasteiger partial charge is 0.309 e. The van der Waals surface area contributed by atoms with Crippen molar-refractivity contribution in [2.45, 2.75) is 19.6 Å². The Morgan fingerprint density at radius 3 is 2.45 bits per heavy atom. The number of methoxy groups -OCH3 is 1. The van der Waals surface area contributed by atoms with Gasteiger partial charge >= 0.3 is 5.97 Å². The zero-order chi connectivity index (χ0) is 15.1. The third-order valence-corrected chi connectivity index (χ3v) is 3.27. The summed E-state index contributed by atoms with van der Waals surface area (Å²) in [5, 5.41) is 10.2. The summed E-state index contributed by atoms with van der Waals surface area (Å²) in [6.45, 7) is 3.31. The maximum atomic E-state index is 11.4. The van der Waals surface area contributed by atoms with Gasteiger partial charge in [-0.25, -0.2) is 0 Å². The minimum Gasteiger partial charge on any atom is -0.469 e. The topological polar surface area (TPSA) is 75.8 Å². The Balaban J connectivity index is 2.51. The van der Waals surface area contributed by atoms with Crippen LogP contribution in [0, 0.1) is 5.92 Å². The lowest BCUT2D eigenvalue weighted by molar-refractivity contribution is -0.145. The standard InChI is InChI=1S/C15H24N2O3/c1-11(15(19)20-3)9-17(2)10-14(18)13-6-4-12(8-16)5-7-13/h4-7,11,14,18H,8-10,16H2,1-3H3. The van der Waals surface area contributed by atoms with E-state index in [9.17, 15) is 9.90 Å². The van der Waals surface area contributed by atoms with E-state index in [0.717, 1.165) is 11.1 Å². The van der Waals surface area contributed by atoms with Crippen LogP contribution in [-0.4, -0.2) is 43.2 Å². The molecule has 1 rings (SSSR count). The first-order valence-corrected chi connectivity index (χ1v) is 6.71. The van der Waals surface area contributed by atoms with Crippen LogP contribution < -0.4 is 5.73 Å². The molecule has 2 atom stereocenters. The predicted molar refractivity (Wildman–Crippen MR) is 78.0 cm³/mol. The number of aliphatic hydroxyl groups excluding tert-OH is 1. The van der Waals surface area contributed by atoms with E-state index >= 15 is 0 Å². The zero-order valence-electron chi connectivity index (χ0n) is 12.4. The molecule has 112 valence electrons. The van der Waals surface area contributed by atoms with Crippen molar-refractivity contribution in [1.82, 2.24) is 4.90 Å². The fraction of sp³-hybridized carbons (Fsp3) is 0.533. The summed E-state index contributed by atoms with van der Waals surface area (Å²) < 4.78 is 4.69. The molecule has 20 heavy (non-hydrogen) atoms. The molecule has 0 bridgehead atoms. The Kier molecular flexibility index (Phi) is 6.64. The van der Waals surface area contributed by atoms with Crippen LogP contribution in [-0.2, 0) is 16.1 Å². The molecule has 0 heterocycles. The summed E-state index contributed by atoms with van der Waals surface area (Å²) in [4.78, 5) is 13.3. The fourth-order valence-electron chi connectivity index (χ4n) is 2.09. The van der Waals surface area contributed by atoms with Gasteiger partial charge in [0.05, 0.1) is 19.1 Å². The van der Waals surface area contributed by atoms with E-state index in [1.165, 1.54) is 7.11 Å². The first-order chi connectivity index (χ1) is 9.47. The van der Waals surface area contributed by atoms with E-state index in [1.807, 2.05) is 43.1 Å². The summed E-state index contributed by atoms with van der Waals surface area (Å²) in [6, 6.07) is 7.58. The van der Waals surface area contributed by atoms with Gasteiger partial charge in [0.15, 0.2) is 0 Å². The minimum absolute atomic E-state index is 0.211. The van der Waals surface area contributed by atoms with Crippen molar-refractivity contribution in [3.63, 3.8) is 0 Å². The highest BCUT2D eigenvalue weighted by Gasteiger charge is 2.17. The SMILES string of the molecule is COC(=O)C(C)CN(C)CC(O)c1ccc(CN)cc1. The van der Waals surface area contributed by atoms with Crippen molar-refractivity contribution in [1.29, 1.82) is 0 Å². The number of carbonyl (C=O) groups excluding carboxylic acids is 1. The molecule has 1 aromatic rings. The van der Waals surface area contributed by atoms with Gasteiger partial charge in [0.25, 0.3) is 0 Å². The minimum atomic E-state index is -0.586. The highest BCUT2D eigenvalue weighted by atomic mass is 16.5. The van der Waals surface area contributed by atoms with Crippen LogP contribution >= 0.6 is 0 Å². The van der Waals surface area contributed by atoms with Crippen molar-refractivity contribution >= 4 is 5.97 Å². The van der Waals surface area contributed by atoms with Gasteiger partial charge in [0.1, 0.15) is 0 Å². The van der Waals surface area contributed by atoms with Crippen LogP contribution in [0.25, 0.3) is 0 Å². The predicted octanol–water partition coefficient (Wildman–Crippen LogP) is 0.920. The second kappa shape index (κ2) is 7.99. The maximum Gasteiger partial charge on any atom is 0.309 e. The molecule has 0 saturated carbocycles. The molecule has 5 nitrogen and oxygen atoms in total. The summed E-state index contributed by atoms with van der Waals surface area (Å²) in [5.74, 6) is -0.449. The van der Waals surface area contributed by atoms with Crippen LogP contribution in [0.4, 0.5) is 0 Å². The summed E-state index contributed by atoms with van der Waals surface area (Å²) >= 11 is 0. The Bertz CT molecular complexity index is 420. The van der Waals surface area contributed by atoms with Crippen LogP contribution in [0.2, 0.25) is 0 Å². The molecule has 0 aliphatic carbocycles. The molecular weight excluding hydrogens is 256 g/mol. The molecule has 3 N–H and O–H groups in total. The molecule has 2 unspecified atom stereocenters. The Morgan fingerprint density at radius 2 is 1.95 bits per heavy atom. The zero-order valence-corrected chi connectivity index (χ0v) is 12.4. The number of aliphatic hydroxyl groups is 1. The first-order valence-electron chi connectivity index (χ1n) is 6.71. The lowest BCUT2D eigenvalue weighted by Crippen LogP contribution is -2.32. The van der Waals surface area contributed by atoms with E-state index in [2.05, 4.69) is 4.74 Å². The van der Waals surface area contributed by atoms with Gasteiger partial charge in [0.2, 0.25) is 0 Å². The second-order valence-electron chi connectivity index (χ2n) is 5.11. The third-order valence-electron chi connectivity index (χ3n) is 3.27. The van der Waals surface area contributed by atoms with Crippen LogP contribution in [0.1, 0.15) is 24.2 Å². The quantitative estimate of drug-likeness (QED) is 0.726. The number of likely N-dealkylation sites (N-methyl/N-ethyl adjacent to an activating group) is 1. The van der Waals surface area contributed by atoms with Gasteiger partial charge < -0.3 is 20.5 Å². The molecule has 0 spiro atoms. The monoisotopic (exact) mass is 280 g/mol. The van der Waals surface area contributed by atoms with E-state index < -0.39 is 6.10 Å². The van der Waals surface area contributed by atoms with Crippen LogP contribution in [0.15, 0.2) is 24.3 Å². The Hall–Kier alpha value is -1.43. The van der Waals surface area contributed by atoms with E-state index in [4.69, 9.17) is 5.73 Å². The van der Waals surface area contributed by atoms with E-state index in [1.54, 1.807) is 0 Å². The number of hydrogen-bond donors (Lipinski definition) is 2. The van der Waals surface area contributed by atoms with Crippen molar-refractivity contribution in [2.75, 3.05) is 27.2 Å². The molecule has 0 radical (unpaired) electrons. The number of benzene rings is 1. The van der Waals surface area contributed by atoms with E-state index in [0.29, 0.717) is 19.6 Å². The van der Waals surface area contributed by atoms with Crippen molar-refractivity contribution in [3.8, 4) is 0 Å². The molecule has 0 amide bonds. The van der Waals surface area contributed by atoms with Gasteiger partial charge in [-0.2, -0.15) is 0 Å². The first kappa shape index (κ1) is 16.6. The average Bonchev–Trinajstić information content (AvgIpc) is 2.46. The van der Waals surface area contributed by atoms with Crippen LogP contribution in [0.3, 0.4) is 0 Å². The van der Waals surface area contributed by atoms with Crippen molar-refractivity contribution < 1.29 is 14.6 Å². The number of nitrogens with zero attached hydrogens (tertiary/aromatic N) is 1. The number of hydrogen-bond acceptors (Lipinski definition) is 5. The number of carbonyl (C=O) groups is 1. The molecule has 0 aliphatic heterocycles. The van der Waals surface area contributed by atoms with Gasteiger partial charge in [0, 0.05) is 19.6 Å². The number of esters is 1. The van der Waals surface area contributed by atoms with E-state index in [-0.39, 0.29) is 11.9 Å². The second-order valence-corrected chi connectivity index (χ2v) is 5.11. The van der Waals surface area contributed by atoms with Crippen molar-refractivity contribution in [2.24, 2.45) is 11.7 Å². The third kappa shape index (κ3) is 4.92.